The zero-order valence-electron chi connectivity index (χ0n) is 19.6. The lowest BCUT2D eigenvalue weighted by atomic mass is 10.00. The van der Waals surface area contributed by atoms with Crippen molar-refractivity contribution in [3.05, 3.63) is 51.8 Å². The minimum atomic E-state index is 0. The van der Waals surface area contributed by atoms with Crippen LogP contribution in [0.1, 0.15) is 39.7 Å². The van der Waals surface area contributed by atoms with Gasteiger partial charge in [0.15, 0.2) is 5.96 Å². The minimum absolute atomic E-state index is 0. The Bertz CT molecular complexity index is 896. The largest absolute Gasteiger partial charge is 0.383 e. The third-order valence-electron chi connectivity index (χ3n) is 5.81. The third kappa shape index (κ3) is 6.20. The zero-order valence-corrected chi connectivity index (χ0v) is 21.9. The molecule has 8 heteroatoms. The third-order valence-corrected chi connectivity index (χ3v) is 5.81. The second kappa shape index (κ2) is 11.8. The van der Waals surface area contributed by atoms with Crippen molar-refractivity contribution < 1.29 is 9.47 Å². The number of guanidine groups is 1. The van der Waals surface area contributed by atoms with Crippen molar-refractivity contribution >= 4 is 29.9 Å². The average Bonchev–Trinajstić information content (AvgIpc) is 3.00. The van der Waals surface area contributed by atoms with E-state index in [1.165, 1.54) is 27.9 Å². The second-order valence-corrected chi connectivity index (χ2v) is 7.93. The molecule has 0 saturated carbocycles. The van der Waals surface area contributed by atoms with Crippen LogP contribution in [0.15, 0.2) is 23.2 Å². The molecule has 1 atom stereocenters. The van der Waals surface area contributed by atoms with E-state index in [-0.39, 0.29) is 30.1 Å². The summed E-state index contributed by atoms with van der Waals surface area (Å²) in [6, 6.07) is 6.57. The van der Waals surface area contributed by atoms with E-state index in [1.807, 2.05) is 11.7 Å². The highest BCUT2D eigenvalue weighted by molar-refractivity contribution is 14.0. The molecule has 2 heterocycles. The van der Waals surface area contributed by atoms with Crippen LogP contribution in [-0.2, 0) is 22.6 Å². The summed E-state index contributed by atoms with van der Waals surface area (Å²) in [5, 5.41) is 8.19. The highest BCUT2D eigenvalue weighted by Gasteiger charge is 2.25. The lowest BCUT2D eigenvalue weighted by molar-refractivity contribution is -0.00834. The first-order chi connectivity index (χ1) is 14.4. The predicted molar refractivity (Wildman–Crippen MR) is 135 cm³/mol. The smallest absolute Gasteiger partial charge is 0.194 e. The number of morpholine rings is 1. The van der Waals surface area contributed by atoms with E-state index >= 15 is 0 Å². The maximum Gasteiger partial charge on any atom is 0.194 e. The second-order valence-electron chi connectivity index (χ2n) is 7.93. The number of ether oxygens (including phenoxy) is 2. The number of halogens is 1. The van der Waals surface area contributed by atoms with Crippen molar-refractivity contribution in [3.63, 3.8) is 0 Å². The number of aromatic nitrogens is 2. The molecule has 0 spiro atoms. The molecule has 1 N–H and O–H groups in total. The van der Waals surface area contributed by atoms with Crippen molar-refractivity contribution in [2.75, 3.05) is 40.5 Å². The van der Waals surface area contributed by atoms with Crippen molar-refractivity contribution in [1.82, 2.24) is 20.0 Å². The number of hydrogen-bond acceptors (Lipinski definition) is 4. The van der Waals surface area contributed by atoms with Crippen LogP contribution >= 0.6 is 24.0 Å². The summed E-state index contributed by atoms with van der Waals surface area (Å²) in [6.45, 7) is 12.9. The summed E-state index contributed by atoms with van der Waals surface area (Å²) in [5.74, 6) is 0.900. The Kier molecular flexibility index (Phi) is 9.77. The number of hydrogen-bond donors (Lipinski definition) is 1. The molecule has 1 unspecified atom stereocenters. The van der Waals surface area contributed by atoms with Crippen molar-refractivity contribution in [2.24, 2.45) is 4.99 Å². The Balaban J connectivity index is 0.00000341. The fourth-order valence-electron chi connectivity index (χ4n) is 4.10. The van der Waals surface area contributed by atoms with Crippen LogP contribution in [-0.4, -0.2) is 61.1 Å². The molecule has 0 radical (unpaired) electrons. The van der Waals surface area contributed by atoms with Gasteiger partial charge in [0, 0.05) is 38.5 Å². The highest BCUT2D eigenvalue weighted by atomic mass is 127. The molecule has 7 nitrogen and oxygen atoms in total. The van der Waals surface area contributed by atoms with Gasteiger partial charge in [-0.25, -0.2) is 0 Å². The van der Waals surface area contributed by atoms with E-state index < -0.39 is 0 Å². The number of aliphatic imine (C=N–C) groups is 1. The molecule has 3 rings (SSSR count). The predicted octanol–water partition coefficient (Wildman–Crippen LogP) is 3.53. The molecule has 172 valence electrons. The van der Waals surface area contributed by atoms with Gasteiger partial charge in [-0.05, 0) is 38.8 Å². The van der Waals surface area contributed by atoms with Gasteiger partial charge < -0.3 is 19.7 Å². The molecular formula is C23H36IN5O2. The summed E-state index contributed by atoms with van der Waals surface area (Å²) in [7, 11) is 3.55. The van der Waals surface area contributed by atoms with Gasteiger partial charge in [-0.1, -0.05) is 23.8 Å². The average molecular weight is 541 g/mol. The lowest BCUT2D eigenvalue weighted by Crippen LogP contribution is -2.48. The number of nitrogens with one attached hydrogen (secondary N) is 1. The Morgan fingerprint density at radius 3 is 2.74 bits per heavy atom. The van der Waals surface area contributed by atoms with Crippen molar-refractivity contribution in [1.29, 1.82) is 0 Å². The Labute approximate surface area is 203 Å². The fourth-order valence-corrected chi connectivity index (χ4v) is 4.10. The molecule has 1 aliphatic heterocycles. The van der Waals surface area contributed by atoms with E-state index in [0.717, 1.165) is 31.3 Å². The van der Waals surface area contributed by atoms with Crippen molar-refractivity contribution in [3.8, 4) is 0 Å². The molecule has 0 bridgehead atoms. The van der Waals surface area contributed by atoms with Crippen LogP contribution < -0.4 is 5.32 Å². The van der Waals surface area contributed by atoms with E-state index in [0.29, 0.717) is 19.8 Å². The van der Waals surface area contributed by atoms with Crippen LogP contribution in [0.5, 0.6) is 0 Å². The van der Waals surface area contributed by atoms with E-state index in [9.17, 15) is 0 Å². The van der Waals surface area contributed by atoms with Crippen LogP contribution in [0.4, 0.5) is 0 Å². The first-order valence-corrected chi connectivity index (χ1v) is 10.6. The summed E-state index contributed by atoms with van der Waals surface area (Å²) < 4.78 is 13.3. The molecule has 1 aromatic carbocycles. The van der Waals surface area contributed by atoms with Gasteiger partial charge in [-0.2, -0.15) is 5.10 Å². The summed E-state index contributed by atoms with van der Waals surface area (Å²) in [6.07, 6.45) is 0.0539. The number of aryl methyl sites for hydroxylation is 3. The standard InChI is InChI=1S/C23H35N5O2.HI/c1-16-7-8-20(17(2)13-16)22-15-27(9-12-30-22)23(24-5)25-14-21-18(3)26-28(19(21)4)10-11-29-6;/h7-8,13,22H,9-12,14-15H2,1-6H3,(H,24,25);1H. The van der Waals surface area contributed by atoms with Gasteiger partial charge in [0.1, 0.15) is 6.10 Å². The number of methoxy groups -OCH3 is 1. The van der Waals surface area contributed by atoms with Gasteiger partial charge in [0.05, 0.1) is 32.0 Å². The maximum absolute atomic E-state index is 6.10. The number of rotatable bonds is 6. The van der Waals surface area contributed by atoms with Gasteiger partial charge >= 0.3 is 0 Å². The zero-order chi connectivity index (χ0) is 21.7. The van der Waals surface area contributed by atoms with Crippen LogP contribution in [0.25, 0.3) is 0 Å². The molecule has 0 amide bonds. The summed E-state index contributed by atoms with van der Waals surface area (Å²) in [4.78, 5) is 6.82. The monoisotopic (exact) mass is 541 g/mol. The van der Waals surface area contributed by atoms with Crippen molar-refractivity contribution in [2.45, 2.75) is 46.9 Å². The Hall–Kier alpha value is -1.65. The van der Waals surface area contributed by atoms with E-state index in [4.69, 9.17) is 9.47 Å². The van der Waals surface area contributed by atoms with Crippen LogP contribution in [0, 0.1) is 27.7 Å². The molecular weight excluding hydrogens is 505 g/mol. The Morgan fingerprint density at radius 2 is 2.06 bits per heavy atom. The van der Waals surface area contributed by atoms with Gasteiger partial charge in [0.25, 0.3) is 0 Å². The fraction of sp³-hybridized carbons (Fsp3) is 0.565. The summed E-state index contributed by atoms with van der Waals surface area (Å²) in [5.41, 5.74) is 7.24. The normalized spacial score (nSPS) is 16.9. The molecule has 2 aromatic rings. The topological polar surface area (TPSA) is 63.9 Å². The first kappa shape index (κ1) is 25.6. The van der Waals surface area contributed by atoms with E-state index in [2.05, 4.69) is 66.2 Å². The molecule has 31 heavy (non-hydrogen) atoms. The van der Waals surface area contributed by atoms with Gasteiger partial charge in [-0.3, -0.25) is 9.67 Å². The first-order valence-electron chi connectivity index (χ1n) is 10.6. The van der Waals surface area contributed by atoms with E-state index in [1.54, 1.807) is 7.11 Å². The SMILES string of the molecule is CN=C(NCc1c(C)nn(CCOC)c1C)N1CCOC(c2ccc(C)cc2C)C1.I. The van der Waals surface area contributed by atoms with Crippen LogP contribution in [0.2, 0.25) is 0 Å². The Morgan fingerprint density at radius 1 is 1.29 bits per heavy atom. The summed E-state index contributed by atoms with van der Waals surface area (Å²) >= 11 is 0. The maximum atomic E-state index is 6.10. The number of benzene rings is 1. The molecule has 1 aromatic heterocycles. The molecule has 1 aliphatic rings. The lowest BCUT2D eigenvalue weighted by Gasteiger charge is -2.36. The highest BCUT2D eigenvalue weighted by Crippen LogP contribution is 2.26. The minimum Gasteiger partial charge on any atom is -0.383 e. The van der Waals surface area contributed by atoms with Gasteiger partial charge in [0.2, 0.25) is 0 Å². The molecule has 0 aliphatic carbocycles. The molecule has 1 saturated heterocycles. The molecule has 1 fully saturated rings. The number of nitrogens with zero attached hydrogens (tertiary/aromatic N) is 4. The quantitative estimate of drug-likeness (QED) is 0.345. The van der Waals surface area contributed by atoms with Gasteiger partial charge in [-0.15, -0.1) is 24.0 Å². The van der Waals surface area contributed by atoms with Crippen LogP contribution in [0.3, 0.4) is 0 Å².